The molecule has 0 heterocycles. The quantitative estimate of drug-likeness (QED) is 0.825. The predicted molar refractivity (Wildman–Crippen MR) is 86.1 cm³/mol. The Hall–Kier alpha value is -2.33. The number of amides is 1. The summed E-state index contributed by atoms with van der Waals surface area (Å²) in [5, 5.41) is 12.7. The van der Waals surface area contributed by atoms with E-state index in [1.807, 2.05) is 37.3 Å². The molecule has 2 rings (SSSR count). The van der Waals surface area contributed by atoms with Crippen molar-refractivity contribution in [3.05, 3.63) is 65.7 Å². The zero-order valence-electron chi connectivity index (χ0n) is 12.7. The van der Waals surface area contributed by atoms with Gasteiger partial charge in [0.2, 0.25) is 0 Å². The van der Waals surface area contributed by atoms with Gasteiger partial charge < -0.3 is 15.2 Å². The average molecular weight is 299 g/mol. The van der Waals surface area contributed by atoms with Crippen molar-refractivity contribution in [1.82, 2.24) is 5.32 Å². The van der Waals surface area contributed by atoms with Gasteiger partial charge in [-0.1, -0.05) is 30.3 Å². The van der Waals surface area contributed by atoms with Crippen LogP contribution in [0.4, 0.5) is 0 Å². The molecule has 1 atom stereocenters. The second kappa shape index (κ2) is 8.20. The zero-order valence-corrected chi connectivity index (χ0v) is 12.7. The number of hydrogen-bond acceptors (Lipinski definition) is 3. The number of rotatable bonds is 7. The third-order valence-corrected chi connectivity index (χ3v) is 3.24. The van der Waals surface area contributed by atoms with E-state index in [0.29, 0.717) is 18.6 Å². The molecule has 1 amide bonds. The number of hydrogen-bond donors (Lipinski definition) is 2. The maximum atomic E-state index is 12.0. The van der Waals surface area contributed by atoms with Gasteiger partial charge in [-0.05, 0) is 36.8 Å². The highest BCUT2D eigenvalue weighted by molar-refractivity contribution is 5.94. The standard InChI is InChI=1S/C18H21NO3/c1-2-22-17-10-8-15(9-11-17)18(21)19-13-16(20)12-14-6-4-3-5-7-14/h3-11,16,20H,2,12-13H2,1H3,(H,19,21)/t16-/m0/s1. The van der Waals surface area contributed by atoms with Gasteiger partial charge in [-0.3, -0.25) is 4.79 Å². The summed E-state index contributed by atoms with van der Waals surface area (Å²) in [6.45, 7) is 2.73. The molecular formula is C18H21NO3. The second-order valence-electron chi connectivity index (χ2n) is 5.01. The summed E-state index contributed by atoms with van der Waals surface area (Å²) in [5.41, 5.74) is 1.60. The van der Waals surface area contributed by atoms with E-state index in [2.05, 4.69) is 5.32 Å². The van der Waals surface area contributed by atoms with Crippen molar-refractivity contribution in [3.8, 4) is 5.75 Å². The van der Waals surface area contributed by atoms with Crippen molar-refractivity contribution in [3.63, 3.8) is 0 Å². The summed E-state index contributed by atoms with van der Waals surface area (Å²) >= 11 is 0. The Morgan fingerprint density at radius 3 is 2.45 bits per heavy atom. The fourth-order valence-electron chi connectivity index (χ4n) is 2.14. The topological polar surface area (TPSA) is 58.6 Å². The van der Waals surface area contributed by atoms with Gasteiger partial charge in [0.25, 0.3) is 5.91 Å². The van der Waals surface area contributed by atoms with Gasteiger partial charge in [-0.15, -0.1) is 0 Å². The molecular weight excluding hydrogens is 278 g/mol. The van der Waals surface area contributed by atoms with Crippen molar-refractivity contribution >= 4 is 5.91 Å². The van der Waals surface area contributed by atoms with Crippen LogP contribution in [0.5, 0.6) is 5.75 Å². The summed E-state index contributed by atoms with van der Waals surface area (Å²) < 4.78 is 5.33. The first-order valence-electron chi connectivity index (χ1n) is 7.42. The van der Waals surface area contributed by atoms with Crippen LogP contribution < -0.4 is 10.1 Å². The third kappa shape index (κ3) is 4.90. The minimum atomic E-state index is -0.603. The van der Waals surface area contributed by atoms with E-state index < -0.39 is 6.10 Å². The van der Waals surface area contributed by atoms with Gasteiger partial charge in [0, 0.05) is 18.5 Å². The molecule has 0 spiro atoms. The molecule has 22 heavy (non-hydrogen) atoms. The molecule has 0 aliphatic rings. The number of aliphatic hydroxyl groups is 1. The Labute approximate surface area is 130 Å². The summed E-state index contributed by atoms with van der Waals surface area (Å²) in [7, 11) is 0. The number of ether oxygens (including phenoxy) is 1. The van der Waals surface area contributed by atoms with Gasteiger partial charge in [0.05, 0.1) is 12.7 Å². The van der Waals surface area contributed by atoms with Gasteiger partial charge in [0.1, 0.15) is 5.75 Å². The van der Waals surface area contributed by atoms with Crippen LogP contribution >= 0.6 is 0 Å². The monoisotopic (exact) mass is 299 g/mol. The lowest BCUT2D eigenvalue weighted by Crippen LogP contribution is -2.33. The molecule has 0 aromatic heterocycles. The maximum Gasteiger partial charge on any atom is 0.251 e. The molecule has 116 valence electrons. The molecule has 2 aromatic rings. The Morgan fingerprint density at radius 1 is 1.14 bits per heavy atom. The van der Waals surface area contributed by atoms with E-state index in [1.165, 1.54) is 0 Å². The average Bonchev–Trinajstić information content (AvgIpc) is 2.54. The third-order valence-electron chi connectivity index (χ3n) is 3.24. The van der Waals surface area contributed by atoms with Crippen molar-refractivity contribution in [2.24, 2.45) is 0 Å². The normalized spacial score (nSPS) is 11.7. The first kappa shape index (κ1) is 16.0. The molecule has 4 nitrogen and oxygen atoms in total. The first-order chi connectivity index (χ1) is 10.7. The number of carbonyl (C=O) groups excluding carboxylic acids is 1. The van der Waals surface area contributed by atoms with Crippen LogP contribution in [-0.4, -0.2) is 30.3 Å². The Bertz CT molecular complexity index is 581. The smallest absolute Gasteiger partial charge is 0.251 e. The first-order valence-corrected chi connectivity index (χ1v) is 7.42. The number of nitrogens with one attached hydrogen (secondary N) is 1. The van der Waals surface area contributed by atoms with E-state index in [0.717, 1.165) is 11.3 Å². The lowest BCUT2D eigenvalue weighted by Gasteiger charge is -2.12. The van der Waals surface area contributed by atoms with Crippen LogP contribution in [0.25, 0.3) is 0 Å². The van der Waals surface area contributed by atoms with Gasteiger partial charge in [-0.2, -0.15) is 0 Å². The molecule has 4 heteroatoms. The van der Waals surface area contributed by atoms with E-state index in [-0.39, 0.29) is 12.5 Å². The van der Waals surface area contributed by atoms with Crippen LogP contribution in [-0.2, 0) is 6.42 Å². The second-order valence-corrected chi connectivity index (χ2v) is 5.01. The molecule has 0 fully saturated rings. The fourth-order valence-corrected chi connectivity index (χ4v) is 2.14. The largest absolute Gasteiger partial charge is 0.494 e. The minimum Gasteiger partial charge on any atom is -0.494 e. The predicted octanol–water partition coefficient (Wildman–Crippen LogP) is 2.42. The Balaban J connectivity index is 1.81. The summed E-state index contributed by atoms with van der Waals surface area (Å²) in [5.74, 6) is 0.540. The number of carbonyl (C=O) groups is 1. The molecule has 0 aliphatic carbocycles. The molecule has 0 radical (unpaired) electrons. The molecule has 2 N–H and O–H groups in total. The molecule has 0 bridgehead atoms. The Kier molecular flexibility index (Phi) is 5.98. The van der Waals surface area contributed by atoms with E-state index in [1.54, 1.807) is 24.3 Å². The van der Waals surface area contributed by atoms with Gasteiger partial charge in [-0.25, -0.2) is 0 Å². The van der Waals surface area contributed by atoms with Crippen molar-refractivity contribution in [2.75, 3.05) is 13.2 Å². The summed E-state index contributed by atoms with van der Waals surface area (Å²) in [6, 6.07) is 16.7. The van der Waals surface area contributed by atoms with E-state index in [9.17, 15) is 9.90 Å². The minimum absolute atomic E-state index is 0.199. The highest BCUT2D eigenvalue weighted by atomic mass is 16.5. The van der Waals surface area contributed by atoms with Crippen molar-refractivity contribution in [2.45, 2.75) is 19.4 Å². The maximum absolute atomic E-state index is 12.0. The van der Waals surface area contributed by atoms with E-state index in [4.69, 9.17) is 4.74 Å². The molecule has 0 saturated carbocycles. The molecule has 0 saturated heterocycles. The van der Waals surface area contributed by atoms with Crippen LogP contribution in [0.3, 0.4) is 0 Å². The molecule has 2 aromatic carbocycles. The summed E-state index contributed by atoms with van der Waals surface area (Å²) in [4.78, 5) is 12.0. The van der Waals surface area contributed by atoms with Crippen molar-refractivity contribution < 1.29 is 14.6 Å². The summed E-state index contributed by atoms with van der Waals surface area (Å²) in [6.07, 6.45) is -0.0845. The van der Waals surface area contributed by atoms with Crippen LogP contribution in [0.2, 0.25) is 0 Å². The number of benzene rings is 2. The van der Waals surface area contributed by atoms with Gasteiger partial charge >= 0.3 is 0 Å². The highest BCUT2D eigenvalue weighted by Gasteiger charge is 2.09. The highest BCUT2D eigenvalue weighted by Crippen LogP contribution is 2.12. The van der Waals surface area contributed by atoms with Crippen LogP contribution in [0.1, 0.15) is 22.8 Å². The van der Waals surface area contributed by atoms with Crippen LogP contribution in [0, 0.1) is 0 Å². The number of aliphatic hydroxyl groups excluding tert-OH is 1. The van der Waals surface area contributed by atoms with E-state index >= 15 is 0 Å². The zero-order chi connectivity index (χ0) is 15.8. The molecule has 0 aliphatic heterocycles. The molecule has 0 unspecified atom stereocenters. The fraction of sp³-hybridized carbons (Fsp3) is 0.278. The van der Waals surface area contributed by atoms with Crippen molar-refractivity contribution in [1.29, 1.82) is 0 Å². The Morgan fingerprint density at radius 2 is 1.82 bits per heavy atom. The van der Waals surface area contributed by atoms with Gasteiger partial charge in [0.15, 0.2) is 0 Å². The van der Waals surface area contributed by atoms with Crippen LogP contribution in [0.15, 0.2) is 54.6 Å². The lowest BCUT2D eigenvalue weighted by molar-refractivity contribution is 0.0916. The lowest BCUT2D eigenvalue weighted by atomic mass is 10.1. The SMILES string of the molecule is CCOc1ccc(C(=O)NC[C@@H](O)Cc2ccccc2)cc1.